The summed E-state index contributed by atoms with van der Waals surface area (Å²) in [6.45, 7) is 2.10. The second kappa shape index (κ2) is 6.57. The second-order valence-corrected chi connectivity index (χ2v) is 6.43. The molecule has 4 aromatic rings. The zero-order valence-electron chi connectivity index (χ0n) is 13.4. The first-order chi connectivity index (χ1) is 12.2. The van der Waals surface area contributed by atoms with Crippen LogP contribution in [0.3, 0.4) is 0 Å². The number of thiazole rings is 1. The van der Waals surface area contributed by atoms with Gasteiger partial charge in [0, 0.05) is 22.1 Å². The van der Waals surface area contributed by atoms with Gasteiger partial charge in [-0.1, -0.05) is 36.3 Å². The van der Waals surface area contributed by atoms with Gasteiger partial charge in [-0.15, -0.1) is 11.3 Å². The Bertz CT molecular complexity index is 990. The highest BCUT2D eigenvalue weighted by molar-refractivity contribution is 7.09. The Hall–Kier alpha value is -2.86. The molecule has 6 heteroatoms. The number of aromatic nitrogens is 3. The minimum absolute atomic E-state index is 0.299. The van der Waals surface area contributed by atoms with Crippen LogP contribution in [0.2, 0.25) is 0 Å². The average Bonchev–Trinajstić information content (AvgIpc) is 3.32. The van der Waals surface area contributed by atoms with E-state index in [-0.39, 0.29) is 5.82 Å². The lowest BCUT2D eigenvalue weighted by Gasteiger charge is -1.98. The number of rotatable bonds is 4. The summed E-state index contributed by atoms with van der Waals surface area (Å²) in [5.74, 6) is 0.567. The van der Waals surface area contributed by atoms with Gasteiger partial charge in [-0.3, -0.25) is 0 Å². The van der Waals surface area contributed by atoms with Gasteiger partial charge < -0.3 is 4.52 Å². The summed E-state index contributed by atoms with van der Waals surface area (Å²) in [4.78, 5) is 8.98. The van der Waals surface area contributed by atoms with Crippen LogP contribution in [0.25, 0.3) is 34.1 Å². The molecule has 0 fully saturated rings. The quantitative estimate of drug-likeness (QED) is 0.505. The van der Waals surface area contributed by atoms with Gasteiger partial charge in [-0.05, 0) is 30.7 Å². The first-order valence-corrected chi connectivity index (χ1v) is 8.76. The van der Waals surface area contributed by atoms with Gasteiger partial charge in [0.25, 0.3) is 5.89 Å². The first-order valence-electron chi connectivity index (χ1n) is 7.88. The topological polar surface area (TPSA) is 51.8 Å². The molecule has 0 unspecified atom stereocenters. The van der Waals surface area contributed by atoms with Crippen LogP contribution >= 0.6 is 11.3 Å². The van der Waals surface area contributed by atoms with Gasteiger partial charge in [0.05, 0.1) is 10.7 Å². The molecule has 0 aliphatic carbocycles. The van der Waals surface area contributed by atoms with Crippen molar-refractivity contribution >= 4 is 11.3 Å². The normalized spacial score (nSPS) is 11.0. The molecule has 0 saturated heterocycles. The molecule has 4 rings (SSSR count). The minimum atomic E-state index is -0.299. The lowest BCUT2D eigenvalue weighted by molar-refractivity contribution is 0.432. The molecule has 0 aliphatic heterocycles. The van der Waals surface area contributed by atoms with Crippen molar-refractivity contribution < 1.29 is 8.91 Å². The third kappa shape index (κ3) is 3.21. The van der Waals surface area contributed by atoms with E-state index >= 15 is 0 Å². The Morgan fingerprint density at radius 1 is 0.920 bits per heavy atom. The lowest BCUT2D eigenvalue weighted by atomic mass is 10.1. The van der Waals surface area contributed by atoms with Crippen molar-refractivity contribution in [3.05, 3.63) is 64.7 Å². The predicted molar refractivity (Wildman–Crippen MR) is 95.6 cm³/mol. The molecule has 2 aromatic carbocycles. The molecule has 2 heterocycles. The van der Waals surface area contributed by atoms with Crippen molar-refractivity contribution in [1.29, 1.82) is 0 Å². The Labute approximate surface area is 148 Å². The lowest BCUT2D eigenvalue weighted by Crippen LogP contribution is -1.84. The molecule has 0 radical (unpaired) electrons. The number of hydrogen-bond donors (Lipinski definition) is 0. The van der Waals surface area contributed by atoms with E-state index in [2.05, 4.69) is 27.4 Å². The molecule has 0 N–H and O–H groups in total. The van der Waals surface area contributed by atoms with Crippen LogP contribution < -0.4 is 0 Å². The fourth-order valence-corrected chi connectivity index (χ4v) is 3.20. The monoisotopic (exact) mass is 351 g/mol. The average molecular weight is 351 g/mol. The smallest absolute Gasteiger partial charge is 0.258 e. The first kappa shape index (κ1) is 15.7. The predicted octanol–water partition coefficient (Wildman–Crippen LogP) is 5.23. The summed E-state index contributed by atoms with van der Waals surface area (Å²) in [5, 5.41) is 7.20. The highest BCUT2D eigenvalue weighted by Gasteiger charge is 2.11. The minimum Gasteiger partial charge on any atom is -0.334 e. The van der Waals surface area contributed by atoms with Crippen LogP contribution in [0.15, 0.2) is 58.4 Å². The Morgan fingerprint density at radius 3 is 2.28 bits per heavy atom. The molecule has 0 amide bonds. The number of hydrogen-bond acceptors (Lipinski definition) is 5. The van der Waals surface area contributed by atoms with Crippen molar-refractivity contribution in [2.75, 3.05) is 0 Å². The van der Waals surface area contributed by atoms with Crippen LogP contribution in [0.4, 0.5) is 4.39 Å². The highest BCUT2D eigenvalue weighted by Crippen LogP contribution is 2.26. The Morgan fingerprint density at radius 2 is 1.60 bits per heavy atom. The Kier molecular flexibility index (Phi) is 4.11. The van der Waals surface area contributed by atoms with Gasteiger partial charge >= 0.3 is 0 Å². The van der Waals surface area contributed by atoms with Crippen molar-refractivity contribution in [3.63, 3.8) is 0 Å². The van der Waals surface area contributed by atoms with Gasteiger partial charge in [0.1, 0.15) is 5.82 Å². The van der Waals surface area contributed by atoms with Gasteiger partial charge in [-0.2, -0.15) is 4.98 Å². The SMILES string of the molecule is CCc1nc(-c2ccc(-c3noc(-c4ccc(F)cc4)n3)cc2)cs1. The molecule has 0 aliphatic rings. The van der Waals surface area contributed by atoms with Crippen LogP contribution in [0, 0.1) is 5.82 Å². The summed E-state index contributed by atoms with van der Waals surface area (Å²) in [6, 6.07) is 13.8. The molecule has 124 valence electrons. The maximum atomic E-state index is 13.0. The fraction of sp³-hybridized carbons (Fsp3) is 0.105. The molecule has 0 saturated carbocycles. The molecular formula is C19H14FN3OS. The second-order valence-electron chi connectivity index (χ2n) is 5.49. The van der Waals surface area contributed by atoms with E-state index < -0.39 is 0 Å². The molecular weight excluding hydrogens is 337 g/mol. The van der Waals surface area contributed by atoms with Crippen molar-refractivity contribution in [2.45, 2.75) is 13.3 Å². The standard InChI is InChI=1S/C19H14FN3OS/c1-2-17-21-16(11-25-17)12-3-5-13(6-4-12)18-22-19(24-23-18)14-7-9-15(20)10-8-14/h3-11H,2H2,1H3. The number of halogens is 1. The van der Waals surface area contributed by atoms with Crippen molar-refractivity contribution in [3.8, 4) is 34.1 Å². The van der Waals surface area contributed by atoms with E-state index in [1.165, 1.54) is 12.1 Å². The maximum Gasteiger partial charge on any atom is 0.258 e. The zero-order valence-corrected chi connectivity index (χ0v) is 14.3. The molecule has 0 atom stereocenters. The summed E-state index contributed by atoms with van der Waals surface area (Å²) in [7, 11) is 0. The summed E-state index contributed by atoms with van der Waals surface area (Å²) >= 11 is 1.67. The Balaban J connectivity index is 1.59. The molecule has 4 nitrogen and oxygen atoms in total. The number of aryl methyl sites for hydroxylation is 1. The fourth-order valence-electron chi connectivity index (χ4n) is 2.45. The van der Waals surface area contributed by atoms with Gasteiger partial charge in [0.2, 0.25) is 5.82 Å². The molecule has 2 aromatic heterocycles. The van der Waals surface area contributed by atoms with Crippen LogP contribution in [-0.2, 0) is 6.42 Å². The number of benzene rings is 2. The van der Waals surface area contributed by atoms with Gasteiger partial charge in [-0.25, -0.2) is 9.37 Å². The number of nitrogens with zero attached hydrogens (tertiary/aromatic N) is 3. The third-order valence-electron chi connectivity index (χ3n) is 3.81. The van der Waals surface area contributed by atoms with Gasteiger partial charge in [0.15, 0.2) is 0 Å². The van der Waals surface area contributed by atoms with E-state index in [4.69, 9.17) is 4.52 Å². The van der Waals surface area contributed by atoms with Crippen molar-refractivity contribution in [1.82, 2.24) is 15.1 Å². The molecule has 0 spiro atoms. The summed E-state index contributed by atoms with van der Waals surface area (Å²) < 4.78 is 18.3. The van der Waals surface area contributed by atoms with E-state index in [0.717, 1.165) is 28.2 Å². The molecule has 0 bridgehead atoms. The van der Waals surface area contributed by atoms with E-state index in [0.29, 0.717) is 17.3 Å². The van der Waals surface area contributed by atoms with Crippen LogP contribution in [0.5, 0.6) is 0 Å². The van der Waals surface area contributed by atoms with Crippen LogP contribution in [0.1, 0.15) is 11.9 Å². The summed E-state index contributed by atoms with van der Waals surface area (Å²) in [6.07, 6.45) is 0.942. The highest BCUT2D eigenvalue weighted by atomic mass is 32.1. The summed E-state index contributed by atoms with van der Waals surface area (Å²) in [5.41, 5.74) is 3.58. The van der Waals surface area contributed by atoms with Crippen LogP contribution in [-0.4, -0.2) is 15.1 Å². The van der Waals surface area contributed by atoms with E-state index in [1.807, 2.05) is 24.3 Å². The third-order valence-corrected chi connectivity index (χ3v) is 4.80. The van der Waals surface area contributed by atoms with E-state index in [1.54, 1.807) is 23.5 Å². The zero-order chi connectivity index (χ0) is 17.2. The maximum absolute atomic E-state index is 13.0. The van der Waals surface area contributed by atoms with Crippen molar-refractivity contribution in [2.24, 2.45) is 0 Å². The largest absolute Gasteiger partial charge is 0.334 e. The molecule has 25 heavy (non-hydrogen) atoms. The van der Waals surface area contributed by atoms with E-state index in [9.17, 15) is 4.39 Å².